The minimum atomic E-state index is -0.475. The van der Waals surface area contributed by atoms with E-state index in [2.05, 4.69) is 5.10 Å². The fourth-order valence-electron chi connectivity index (χ4n) is 4.02. The van der Waals surface area contributed by atoms with Crippen LogP contribution in [0.15, 0.2) is 24.4 Å². The summed E-state index contributed by atoms with van der Waals surface area (Å²) in [6, 6.07) is 5.92. The molecule has 1 saturated heterocycles. The van der Waals surface area contributed by atoms with Crippen molar-refractivity contribution in [3.63, 3.8) is 0 Å². The number of ether oxygens (including phenoxy) is 1. The van der Waals surface area contributed by atoms with Gasteiger partial charge in [0, 0.05) is 24.6 Å². The second kappa shape index (κ2) is 7.74. The Hall–Kier alpha value is -2.65. The number of hydrogen-bond acceptors (Lipinski definition) is 6. The van der Waals surface area contributed by atoms with E-state index >= 15 is 0 Å². The molecule has 4 aromatic heterocycles. The maximum absolute atomic E-state index is 12.3. The van der Waals surface area contributed by atoms with Gasteiger partial charge in [-0.25, -0.2) is 18.8 Å². The number of carbonyl (C=O) groups excluding carboxylic acids is 1. The van der Waals surface area contributed by atoms with E-state index < -0.39 is 5.60 Å². The predicted molar refractivity (Wildman–Crippen MR) is 125 cm³/mol. The minimum Gasteiger partial charge on any atom is -0.444 e. The maximum Gasteiger partial charge on any atom is 0.410 e. The zero-order valence-electron chi connectivity index (χ0n) is 18.5. The molecule has 1 aliphatic rings. The smallest absolute Gasteiger partial charge is 0.410 e. The summed E-state index contributed by atoms with van der Waals surface area (Å²) in [5.41, 5.74) is 3.36. The Labute approximate surface area is 194 Å². The van der Waals surface area contributed by atoms with Crippen LogP contribution in [0.5, 0.6) is 0 Å². The highest BCUT2D eigenvalue weighted by Gasteiger charge is 2.29. The van der Waals surface area contributed by atoms with Crippen molar-refractivity contribution in [2.75, 3.05) is 13.1 Å². The summed E-state index contributed by atoms with van der Waals surface area (Å²) in [7, 11) is 0. The molecule has 1 amide bonds. The van der Waals surface area contributed by atoms with Gasteiger partial charge in [-0.3, -0.25) is 0 Å². The van der Waals surface area contributed by atoms with Crippen LogP contribution >= 0.6 is 22.9 Å². The molecule has 0 unspecified atom stereocenters. The summed E-state index contributed by atoms with van der Waals surface area (Å²) in [4.78, 5) is 19.8. The molecule has 1 fully saturated rings. The Morgan fingerprint density at radius 1 is 1.19 bits per heavy atom. The normalized spacial score (nSPS) is 15.7. The van der Waals surface area contributed by atoms with Gasteiger partial charge in [-0.1, -0.05) is 22.9 Å². The first-order valence-electron chi connectivity index (χ1n) is 10.7. The number of imidazole rings is 1. The summed E-state index contributed by atoms with van der Waals surface area (Å²) >= 11 is 7.95. The first kappa shape index (κ1) is 21.2. The quantitative estimate of drug-likeness (QED) is 0.375. The fourth-order valence-corrected chi connectivity index (χ4v) is 5.15. The average Bonchev–Trinajstić information content (AvgIpc) is 3.39. The highest BCUT2D eigenvalue weighted by atomic mass is 35.5. The number of piperidine rings is 1. The Kier molecular flexibility index (Phi) is 5.13. The monoisotopic (exact) mass is 472 g/mol. The highest BCUT2D eigenvalue weighted by molar-refractivity contribution is 7.19. The molecule has 10 heteroatoms. The first-order valence-corrected chi connectivity index (χ1v) is 11.9. The van der Waals surface area contributed by atoms with Gasteiger partial charge in [0.15, 0.2) is 0 Å². The van der Waals surface area contributed by atoms with E-state index in [-0.39, 0.29) is 6.09 Å². The van der Waals surface area contributed by atoms with E-state index in [0.29, 0.717) is 24.2 Å². The number of aryl methyl sites for hydroxylation is 1. The van der Waals surface area contributed by atoms with Gasteiger partial charge in [-0.15, -0.1) is 0 Å². The molecule has 4 aromatic rings. The molecule has 5 rings (SSSR count). The molecule has 1 aliphatic heterocycles. The van der Waals surface area contributed by atoms with Crippen molar-refractivity contribution in [3.05, 3.63) is 40.9 Å². The SMILES string of the molecule is Cc1cc2cc(-c3nn4cc(C5CCN(C(=O)OC(C)(C)C)CC5)nc4s3)cc(Cl)n2n1. The Bertz CT molecular complexity index is 1280. The molecule has 5 heterocycles. The van der Waals surface area contributed by atoms with Crippen LogP contribution in [0.3, 0.4) is 0 Å². The van der Waals surface area contributed by atoms with Crippen molar-refractivity contribution in [1.82, 2.24) is 29.1 Å². The standard InChI is InChI=1S/C22H25ClN6O2S/c1-13-9-16-10-15(11-18(23)29(16)25-13)19-26-28-12-17(24-20(28)32-19)14-5-7-27(8-6-14)21(30)31-22(2,3)4/h9-12,14H,5-8H2,1-4H3. The van der Waals surface area contributed by atoms with E-state index in [9.17, 15) is 4.79 Å². The molecule has 0 aliphatic carbocycles. The lowest BCUT2D eigenvalue weighted by atomic mass is 9.94. The van der Waals surface area contributed by atoms with Crippen LogP contribution in [0.1, 0.15) is 50.9 Å². The van der Waals surface area contributed by atoms with E-state index in [0.717, 1.165) is 45.3 Å². The van der Waals surface area contributed by atoms with Gasteiger partial charge in [0.1, 0.15) is 15.8 Å². The third-order valence-electron chi connectivity index (χ3n) is 5.51. The number of likely N-dealkylation sites (tertiary alicyclic amines) is 1. The Morgan fingerprint density at radius 2 is 1.94 bits per heavy atom. The third kappa shape index (κ3) is 4.06. The van der Waals surface area contributed by atoms with Crippen LogP contribution in [0, 0.1) is 6.92 Å². The predicted octanol–water partition coefficient (Wildman–Crippen LogP) is 5.18. The zero-order valence-corrected chi connectivity index (χ0v) is 20.1. The van der Waals surface area contributed by atoms with Crippen molar-refractivity contribution in [1.29, 1.82) is 0 Å². The maximum atomic E-state index is 12.3. The van der Waals surface area contributed by atoms with Gasteiger partial charge in [0.2, 0.25) is 4.96 Å². The van der Waals surface area contributed by atoms with Crippen LogP contribution in [-0.2, 0) is 4.74 Å². The van der Waals surface area contributed by atoms with Crippen LogP contribution < -0.4 is 0 Å². The molecule has 32 heavy (non-hydrogen) atoms. The van der Waals surface area contributed by atoms with Gasteiger partial charge in [-0.05, 0) is 58.7 Å². The van der Waals surface area contributed by atoms with Gasteiger partial charge in [0.05, 0.1) is 23.1 Å². The Morgan fingerprint density at radius 3 is 2.62 bits per heavy atom. The van der Waals surface area contributed by atoms with E-state index in [1.165, 1.54) is 11.3 Å². The number of halogens is 1. The zero-order chi connectivity index (χ0) is 22.6. The van der Waals surface area contributed by atoms with Crippen molar-refractivity contribution in [2.24, 2.45) is 0 Å². The summed E-state index contributed by atoms with van der Waals surface area (Å²) in [6.07, 6.45) is 3.50. The molecule has 168 valence electrons. The summed E-state index contributed by atoms with van der Waals surface area (Å²) in [5.74, 6) is 0.312. The summed E-state index contributed by atoms with van der Waals surface area (Å²) in [5, 5.41) is 10.5. The van der Waals surface area contributed by atoms with Crippen LogP contribution in [-0.4, -0.2) is 53.9 Å². The minimum absolute atomic E-state index is 0.239. The largest absolute Gasteiger partial charge is 0.444 e. The molecule has 0 radical (unpaired) electrons. The van der Waals surface area contributed by atoms with Crippen molar-refractivity contribution in [3.8, 4) is 10.6 Å². The summed E-state index contributed by atoms with van der Waals surface area (Å²) < 4.78 is 9.06. The lowest BCUT2D eigenvalue weighted by Gasteiger charge is -2.32. The van der Waals surface area contributed by atoms with E-state index in [1.54, 1.807) is 9.42 Å². The van der Waals surface area contributed by atoms with Crippen LogP contribution in [0.2, 0.25) is 5.15 Å². The van der Waals surface area contributed by atoms with E-state index in [4.69, 9.17) is 26.4 Å². The molecule has 8 nitrogen and oxygen atoms in total. The number of pyridine rings is 1. The second-order valence-electron chi connectivity index (χ2n) is 9.23. The molecule has 0 bridgehead atoms. The average molecular weight is 473 g/mol. The number of fused-ring (bicyclic) bond motifs is 2. The Balaban J connectivity index is 1.31. The number of rotatable bonds is 2. The van der Waals surface area contributed by atoms with E-state index in [1.807, 2.05) is 56.6 Å². The van der Waals surface area contributed by atoms with Gasteiger partial charge < -0.3 is 9.64 Å². The fraction of sp³-hybridized carbons (Fsp3) is 0.455. The number of amides is 1. The number of hydrogen-bond donors (Lipinski definition) is 0. The lowest BCUT2D eigenvalue weighted by molar-refractivity contribution is 0.0204. The number of nitrogens with zero attached hydrogens (tertiary/aromatic N) is 6. The first-order chi connectivity index (χ1) is 15.2. The molecule has 0 saturated carbocycles. The topological polar surface area (TPSA) is 77.0 Å². The number of aromatic nitrogens is 5. The van der Waals surface area contributed by atoms with Gasteiger partial charge in [-0.2, -0.15) is 10.2 Å². The molecular formula is C22H25ClN6O2S. The third-order valence-corrected chi connectivity index (χ3v) is 6.75. The molecule has 0 atom stereocenters. The molecular weight excluding hydrogens is 448 g/mol. The summed E-state index contributed by atoms with van der Waals surface area (Å²) in [6.45, 7) is 8.96. The van der Waals surface area contributed by atoms with Crippen molar-refractivity contribution < 1.29 is 9.53 Å². The molecule has 0 spiro atoms. The molecule has 0 aromatic carbocycles. The van der Waals surface area contributed by atoms with Gasteiger partial charge >= 0.3 is 6.09 Å². The molecule has 0 N–H and O–H groups in total. The second-order valence-corrected chi connectivity index (χ2v) is 10.6. The lowest BCUT2D eigenvalue weighted by Crippen LogP contribution is -2.41. The number of carbonyl (C=O) groups is 1. The van der Waals surface area contributed by atoms with Crippen molar-refractivity contribution >= 4 is 39.5 Å². The van der Waals surface area contributed by atoms with Crippen LogP contribution in [0.25, 0.3) is 21.0 Å². The highest BCUT2D eigenvalue weighted by Crippen LogP contribution is 2.33. The van der Waals surface area contributed by atoms with Gasteiger partial charge in [0.25, 0.3) is 0 Å². The van der Waals surface area contributed by atoms with Crippen molar-refractivity contribution in [2.45, 2.75) is 52.1 Å². The van der Waals surface area contributed by atoms with Crippen LogP contribution in [0.4, 0.5) is 4.79 Å².